The number of anilines is 1. The standard InChI is InChI=1S/C30H23F3N6O4/c31-30(32,33)29(36-37-29)20-11-9-18(10-12-20)26(41)35-23-8-4-7-21-22(17-34-24(21)23)25(40)28(43)39-15-13-38(14-16-39)27(42)19-5-2-1-3-6-19/h1-12,17,34H,13-16H2,(H,35,41). The number of nitrogens with zero attached hydrogens (tertiary/aromatic N) is 4. The molecule has 0 atom stereocenters. The van der Waals surface area contributed by atoms with Gasteiger partial charge >= 0.3 is 11.8 Å². The highest BCUT2D eigenvalue weighted by molar-refractivity contribution is 6.45. The van der Waals surface area contributed by atoms with Crippen LogP contribution in [0.3, 0.4) is 0 Å². The molecular weight excluding hydrogens is 565 g/mol. The van der Waals surface area contributed by atoms with Gasteiger partial charge in [0.2, 0.25) is 0 Å². The van der Waals surface area contributed by atoms with Crippen molar-refractivity contribution in [2.75, 3.05) is 31.5 Å². The van der Waals surface area contributed by atoms with E-state index in [0.29, 0.717) is 35.2 Å². The Morgan fingerprint density at radius 1 is 0.791 bits per heavy atom. The molecule has 0 unspecified atom stereocenters. The Kier molecular flexibility index (Phi) is 6.79. The molecule has 43 heavy (non-hydrogen) atoms. The second-order valence-electron chi connectivity index (χ2n) is 10.1. The van der Waals surface area contributed by atoms with Crippen molar-refractivity contribution in [2.24, 2.45) is 10.2 Å². The largest absolute Gasteiger partial charge is 0.442 e. The van der Waals surface area contributed by atoms with E-state index in [0.717, 1.165) is 12.1 Å². The summed E-state index contributed by atoms with van der Waals surface area (Å²) in [4.78, 5) is 57.9. The molecule has 13 heteroatoms. The summed E-state index contributed by atoms with van der Waals surface area (Å²) in [5.41, 5.74) is -1.29. The first-order chi connectivity index (χ1) is 20.6. The van der Waals surface area contributed by atoms with Crippen molar-refractivity contribution in [1.82, 2.24) is 14.8 Å². The molecule has 2 aliphatic rings. The summed E-state index contributed by atoms with van der Waals surface area (Å²) in [7, 11) is 0. The van der Waals surface area contributed by atoms with Gasteiger partial charge in [-0.05, 0) is 30.3 Å². The predicted octanol–water partition coefficient (Wildman–Crippen LogP) is 4.77. The number of aromatic amines is 1. The van der Waals surface area contributed by atoms with E-state index in [9.17, 15) is 32.3 Å². The van der Waals surface area contributed by atoms with Crippen LogP contribution < -0.4 is 5.32 Å². The average Bonchev–Trinajstić information content (AvgIpc) is 3.74. The summed E-state index contributed by atoms with van der Waals surface area (Å²) in [5, 5.41) is 9.42. The molecule has 0 radical (unpaired) electrons. The Labute approximate surface area is 242 Å². The Balaban J connectivity index is 1.12. The fraction of sp³-hybridized carbons (Fsp3) is 0.200. The van der Waals surface area contributed by atoms with E-state index in [1.165, 1.54) is 23.2 Å². The molecule has 0 aliphatic carbocycles. The summed E-state index contributed by atoms with van der Waals surface area (Å²) in [6.07, 6.45) is -3.28. The summed E-state index contributed by atoms with van der Waals surface area (Å²) in [5.74, 6) is -2.16. The van der Waals surface area contributed by atoms with Crippen LogP contribution in [0.4, 0.5) is 18.9 Å². The van der Waals surface area contributed by atoms with Gasteiger partial charge in [0.15, 0.2) is 0 Å². The lowest BCUT2D eigenvalue weighted by molar-refractivity contribution is -0.166. The molecule has 0 bridgehead atoms. The number of alkyl halides is 3. The number of hydrogen-bond acceptors (Lipinski definition) is 6. The number of benzene rings is 3. The Bertz CT molecular complexity index is 1770. The third kappa shape index (κ3) is 5.02. The molecule has 6 rings (SSSR count). The minimum Gasteiger partial charge on any atom is -0.359 e. The first-order valence-electron chi connectivity index (χ1n) is 13.3. The second-order valence-corrected chi connectivity index (χ2v) is 10.1. The van der Waals surface area contributed by atoms with Gasteiger partial charge in [-0.25, -0.2) is 0 Å². The number of hydrogen-bond donors (Lipinski definition) is 2. The van der Waals surface area contributed by atoms with Gasteiger partial charge in [0, 0.05) is 54.5 Å². The molecule has 3 aromatic carbocycles. The fourth-order valence-corrected chi connectivity index (χ4v) is 5.07. The number of fused-ring (bicyclic) bond motifs is 1. The summed E-state index contributed by atoms with van der Waals surface area (Å²) >= 11 is 0. The number of Topliss-reactive ketones (excluding diaryl/α,β-unsaturated/α-hetero) is 1. The SMILES string of the molecule is O=C(Nc1cccc2c(C(=O)C(=O)N3CCN(C(=O)c4ccccc4)CC3)c[nH]c12)c1ccc(C2(C(F)(F)F)N=N2)cc1. The number of H-pyrrole nitrogens is 1. The van der Waals surface area contributed by atoms with Crippen LogP contribution >= 0.6 is 0 Å². The lowest BCUT2D eigenvalue weighted by Gasteiger charge is -2.34. The van der Waals surface area contributed by atoms with Crippen molar-refractivity contribution in [3.8, 4) is 0 Å². The van der Waals surface area contributed by atoms with Crippen molar-refractivity contribution >= 4 is 40.1 Å². The number of piperazine rings is 1. The van der Waals surface area contributed by atoms with Gasteiger partial charge in [0.1, 0.15) is 0 Å². The molecule has 1 saturated heterocycles. The number of nitrogens with one attached hydrogen (secondary N) is 2. The maximum atomic E-state index is 13.3. The smallest absolute Gasteiger partial charge is 0.359 e. The highest BCUT2D eigenvalue weighted by atomic mass is 19.4. The molecule has 3 amide bonds. The van der Waals surface area contributed by atoms with Crippen molar-refractivity contribution in [3.63, 3.8) is 0 Å². The number of para-hydroxylation sites is 1. The number of ketones is 1. The highest BCUT2D eigenvalue weighted by Crippen LogP contribution is 2.52. The summed E-state index contributed by atoms with van der Waals surface area (Å²) in [6.45, 7) is 0.993. The third-order valence-electron chi connectivity index (χ3n) is 7.52. The fourth-order valence-electron chi connectivity index (χ4n) is 5.07. The zero-order valence-electron chi connectivity index (χ0n) is 22.4. The number of aromatic nitrogens is 1. The van der Waals surface area contributed by atoms with Gasteiger partial charge < -0.3 is 20.1 Å². The maximum absolute atomic E-state index is 13.3. The maximum Gasteiger partial charge on any atom is 0.442 e. The molecule has 0 saturated carbocycles. The quantitative estimate of drug-likeness (QED) is 0.249. The van der Waals surface area contributed by atoms with Gasteiger partial charge in [-0.2, -0.15) is 13.2 Å². The van der Waals surface area contributed by atoms with Crippen LogP contribution in [0.2, 0.25) is 0 Å². The molecule has 2 aliphatic heterocycles. The first kappa shape index (κ1) is 27.8. The molecule has 1 fully saturated rings. The summed E-state index contributed by atoms with van der Waals surface area (Å²) < 4.78 is 39.8. The van der Waals surface area contributed by atoms with E-state index in [1.807, 2.05) is 6.07 Å². The number of carbonyl (C=O) groups is 4. The minimum atomic E-state index is -4.67. The molecule has 10 nitrogen and oxygen atoms in total. The van der Waals surface area contributed by atoms with E-state index < -0.39 is 29.4 Å². The van der Waals surface area contributed by atoms with Crippen LogP contribution in [0.5, 0.6) is 0 Å². The third-order valence-corrected chi connectivity index (χ3v) is 7.52. The monoisotopic (exact) mass is 588 g/mol. The number of carbonyl (C=O) groups excluding carboxylic acids is 4. The van der Waals surface area contributed by atoms with Gasteiger partial charge in [0.05, 0.1) is 16.8 Å². The molecule has 4 aromatic rings. The molecule has 3 heterocycles. The summed E-state index contributed by atoms with van der Waals surface area (Å²) in [6, 6.07) is 18.4. The Hall–Kier alpha value is -5.33. The number of halogens is 3. The second kappa shape index (κ2) is 10.5. The van der Waals surface area contributed by atoms with E-state index in [2.05, 4.69) is 20.5 Å². The van der Waals surface area contributed by atoms with E-state index >= 15 is 0 Å². The van der Waals surface area contributed by atoms with E-state index in [1.54, 1.807) is 47.4 Å². The molecule has 1 aromatic heterocycles. The van der Waals surface area contributed by atoms with Crippen LogP contribution in [0.15, 0.2) is 89.2 Å². The lowest BCUT2D eigenvalue weighted by Crippen LogP contribution is -2.52. The topological polar surface area (TPSA) is 127 Å². The van der Waals surface area contributed by atoms with Crippen molar-refractivity contribution in [3.05, 3.63) is 101 Å². The lowest BCUT2D eigenvalue weighted by atomic mass is 10.0. The molecule has 218 valence electrons. The van der Waals surface area contributed by atoms with Crippen LogP contribution in [-0.2, 0) is 10.5 Å². The van der Waals surface area contributed by atoms with Crippen LogP contribution in [-0.4, -0.2) is 70.6 Å². The van der Waals surface area contributed by atoms with Crippen molar-refractivity contribution < 1.29 is 32.3 Å². The van der Waals surface area contributed by atoms with Gasteiger partial charge in [-0.1, -0.05) is 42.5 Å². The van der Waals surface area contributed by atoms with Gasteiger partial charge in [-0.15, -0.1) is 10.2 Å². The van der Waals surface area contributed by atoms with Crippen LogP contribution in [0.25, 0.3) is 10.9 Å². The average molecular weight is 589 g/mol. The minimum absolute atomic E-state index is 0.0987. The van der Waals surface area contributed by atoms with Gasteiger partial charge in [-0.3, -0.25) is 19.2 Å². The Morgan fingerprint density at radius 3 is 2.07 bits per heavy atom. The van der Waals surface area contributed by atoms with E-state index in [-0.39, 0.29) is 35.7 Å². The zero-order valence-corrected chi connectivity index (χ0v) is 22.4. The van der Waals surface area contributed by atoms with Crippen molar-refractivity contribution in [1.29, 1.82) is 0 Å². The normalized spacial score (nSPS) is 15.8. The first-order valence-corrected chi connectivity index (χ1v) is 13.3. The van der Waals surface area contributed by atoms with Crippen LogP contribution in [0.1, 0.15) is 36.6 Å². The molecule has 0 spiro atoms. The highest BCUT2D eigenvalue weighted by Gasteiger charge is 2.65. The van der Waals surface area contributed by atoms with Gasteiger partial charge in [0.25, 0.3) is 23.5 Å². The Morgan fingerprint density at radius 2 is 1.44 bits per heavy atom. The zero-order chi connectivity index (χ0) is 30.4. The van der Waals surface area contributed by atoms with Crippen molar-refractivity contribution in [2.45, 2.75) is 11.8 Å². The molecule has 2 N–H and O–H groups in total. The van der Waals surface area contributed by atoms with Crippen LogP contribution in [0, 0.1) is 0 Å². The number of amides is 3. The number of rotatable bonds is 6. The predicted molar refractivity (Wildman–Crippen MR) is 149 cm³/mol. The van der Waals surface area contributed by atoms with E-state index in [4.69, 9.17) is 0 Å². The molecular formula is C30H23F3N6O4.